The number of benzene rings is 1. The molecule has 0 aliphatic rings. The van der Waals surface area contributed by atoms with Gasteiger partial charge in [0.15, 0.2) is 0 Å². The standard InChI is InChI=1S/C28H51ClNO/c1-5-6-7-8-9-10-11-12-13-14-18-21-27(29)22-23-30(3,4)28(24-25(2)31)26-19-16-15-17-20-26/h15-17,19-20,25,27-28,31H,5-14,18,21-24H2,1-4H3/q+1. The Balaban J connectivity index is 2.22. The molecule has 1 aromatic rings. The van der Waals surface area contributed by atoms with Crippen LogP contribution in [0, 0.1) is 0 Å². The van der Waals surface area contributed by atoms with E-state index < -0.39 is 0 Å². The van der Waals surface area contributed by atoms with E-state index in [0.717, 1.165) is 30.3 Å². The highest BCUT2D eigenvalue weighted by atomic mass is 35.5. The molecular formula is C28H51ClNO+. The molecule has 1 N–H and O–H groups in total. The van der Waals surface area contributed by atoms with Crippen molar-refractivity contribution in [2.24, 2.45) is 0 Å². The topological polar surface area (TPSA) is 20.2 Å². The molecule has 0 saturated heterocycles. The van der Waals surface area contributed by atoms with Gasteiger partial charge in [0.1, 0.15) is 6.04 Å². The summed E-state index contributed by atoms with van der Waals surface area (Å²) in [5, 5.41) is 10.3. The molecule has 0 radical (unpaired) electrons. The summed E-state index contributed by atoms with van der Waals surface area (Å²) in [5.41, 5.74) is 1.31. The summed E-state index contributed by atoms with van der Waals surface area (Å²) < 4.78 is 0.871. The smallest absolute Gasteiger partial charge is 0.117 e. The zero-order valence-corrected chi connectivity index (χ0v) is 21.8. The van der Waals surface area contributed by atoms with Gasteiger partial charge >= 0.3 is 0 Å². The molecule has 0 aliphatic heterocycles. The van der Waals surface area contributed by atoms with E-state index in [1.807, 2.05) is 6.92 Å². The third-order valence-corrected chi connectivity index (χ3v) is 7.17. The molecule has 0 bridgehead atoms. The van der Waals surface area contributed by atoms with E-state index in [1.54, 1.807) is 0 Å². The predicted molar refractivity (Wildman–Crippen MR) is 138 cm³/mol. The maximum atomic E-state index is 10.1. The maximum absolute atomic E-state index is 10.1. The van der Waals surface area contributed by atoms with Gasteiger partial charge in [-0.15, -0.1) is 11.6 Å². The Labute approximate surface area is 199 Å². The van der Waals surface area contributed by atoms with Gasteiger partial charge in [0.05, 0.1) is 26.7 Å². The van der Waals surface area contributed by atoms with Crippen molar-refractivity contribution in [2.45, 2.75) is 121 Å². The lowest BCUT2D eigenvalue weighted by atomic mass is 9.97. The molecule has 0 heterocycles. The van der Waals surface area contributed by atoms with Crippen molar-refractivity contribution in [2.75, 3.05) is 20.6 Å². The van der Waals surface area contributed by atoms with Gasteiger partial charge in [-0.1, -0.05) is 108 Å². The molecule has 2 nitrogen and oxygen atoms in total. The third-order valence-electron chi connectivity index (χ3n) is 6.73. The molecule has 1 rings (SSSR count). The number of aliphatic hydroxyl groups is 1. The van der Waals surface area contributed by atoms with Crippen LogP contribution >= 0.6 is 11.6 Å². The Morgan fingerprint density at radius 2 is 1.32 bits per heavy atom. The number of hydrogen-bond acceptors (Lipinski definition) is 1. The van der Waals surface area contributed by atoms with Gasteiger partial charge in [-0.05, 0) is 13.3 Å². The summed E-state index contributed by atoms with van der Waals surface area (Å²) in [6, 6.07) is 10.9. The summed E-state index contributed by atoms with van der Waals surface area (Å²) in [5.74, 6) is 0. The van der Waals surface area contributed by atoms with Crippen molar-refractivity contribution in [3.05, 3.63) is 35.9 Å². The van der Waals surface area contributed by atoms with E-state index in [9.17, 15) is 5.11 Å². The van der Waals surface area contributed by atoms with E-state index in [2.05, 4.69) is 51.4 Å². The molecule has 0 fully saturated rings. The molecule has 0 amide bonds. The number of rotatable bonds is 19. The highest BCUT2D eigenvalue weighted by Gasteiger charge is 2.31. The van der Waals surface area contributed by atoms with E-state index in [4.69, 9.17) is 11.6 Å². The Hall–Kier alpha value is -0.570. The predicted octanol–water partition coefficient (Wildman–Crippen LogP) is 8.27. The van der Waals surface area contributed by atoms with Crippen molar-refractivity contribution < 1.29 is 9.59 Å². The molecule has 0 saturated carbocycles. The van der Waals surface area contributed by atoms with Gasteiger partial charge in [0.2, 0.25) is 0 Å². The van der Waals surface area contributed by atoms with Crippen LogP contribution in [0.25, 0.3) is 0 Å². The Morgan fingerprint density at radius 3 is 1.84 bits per heavy atom. The molecular weight excluding hydrogens is 402 g/mol. The Kier molecular flexibility index (Phi) is 15.6. The van der Waals surface area contributed by atoms with Crippen LogP contribution in [0.2, 0.25) is 0 Å². The SMILES string of the molecule is CCCCCCCCCCCCCC(Cl)CC[N+](C)(C)C(CC(C)O)c1ccccc1. The zero-order valence-electron chi connectivity index (χ0n) is 21.0. The van der Waals surface area contributed by atoms with Gasteiger partial charge in [-0.3, -0.25) is 0 Å². The summed E-state index contributed by atoms with van der Waals surface area (Å²) >= 11 is 6.71. The molecule has 0 spiro atoms. The van der Waals surface area contributed by atoms with Crippen LogP contribution in [0.3, 0.4) is 0 Å². The van der Waals surface area contributed by atoms with Crippen molar-refractivity contribution >= 4 is 11.6 Å². The summed E-state index contributed by atoms with van der Waals surface area (Å²) in [6.45, 7) is 5.22. The van der Waals surface area contributed by atoms with Gasteiger partial charge in [-0.2, -0.15) is 0 Å². The van der Waals surface area contributed by atoms with Crippen molar-refractivity contribution in [1.29, 1.82) is 0 Å². The molecule has 3 unspecified atom stereocenters. The van der Waals surface area contributed by atoms with E-state index in [-0.39, 0.29) is 11.5 Å². The molecule has 31 heavy (non-hydrogen) atoms. The van der Waals surface area contributed by atoms with Crippen LogP contribution in [0.15, 0.2) is 30.3 Å². The minimum Gasteiger partial charge on any atom is -0.393 e. The van der Waals surface area contributed by atoms with Crippen LogP contribution in [-0.2, 0) is 0 Å². The van der Waals surface area contributed by atoms with Gasteiger partial charge < -0.3 is 9.59 Å². The fourth-order valence-corrected chi connectivity index (χ4v) is 4.88. The lowest BCUT2D eigenvalue weighted by Crippen LogP contribution is -2.45. The van der Waals surface area contributed by atoms with Crippen molar-refractivity contribution in [1.82, 2.24) is 0 Å². The van der Waals surface area contributed by atoms with Crippen LogP contribution in [0.1, 0.15) is 115 Å². The summed E-state index contributed by atoms with van der Waals surface area (Å²) in [4.78, 5) is 0. The normalized spacial score (nSPS) is 15.0. The molecule has 180 valence electrons. The fourth-order valence-electron chi connectivity index (χ4n) is 4.63. The van der Waals surface area contributed by atoms with E-state index in [0.29, 0.717) is 6.04 Å². The molecule has 3 heteroatoms. The summed E-state index contributed by atoms with van der Waals surface area (Å²) in [7, 11) is 4.57. The molecule has 0 aliphatic carbocycles. The number of alkyl halides is 1. The first-order chi connectivity index (χ1) is 14.9. The second-order valence-corrected chi connectivity index (χ2v) is 10.8. The van der Waals surface area contributed by atoms with Crippen molar-refractivity contribution in [3.63, 3.8) is 0 Å². The minimum absolute atomic E-state index is 0.263. The minimum atomic E-state index is -0.300. The first-order valence-corrected chi connectivity index (χ1v) is 13.5. The summed E-state index contributed by atoms with van der Waals surface area (Å²) in [6.07, 6.45) is 17.8. The van der Waals surface area contributed by atoms with Gasteiger partial charge in [0.25, 0.3) is 0 Å². The zero-order chi connectivity index (χ0) is 23.0. The first-order valence-electron chi connectivity index (χ1n) is 13.1. The number of nitrogens with zero attached hydrogens (tertiary/aromatic N) is 1. The monoisotopic (exact) mass is 452 g/mol. The Morgan fingerprint density at radius 1 is 0.806 bits per heavy atom. The van der Waals surface area contributed by atoms with Crippen LogP contribution in [-0.4, -0.2) is 41.7 Å². The highest BCUT2D eigenvalue weighted by Crippen LogP contribution is 2.31. The lowest BCUT2D eigenvalue weighted by molar-refractivity contribution is -0.922. The average Bonchev–Trinajstić information content (AvgIpc) is 2.75. The van der Waals surface area contributed by atoms with Crippen LogP contribution in [0.5, 0.6) is 0 Å². The van der Waals surface area contributed by atoms with Gasteiger partial charge in [0, 0.05) is 23.8 Å². The fraction of sp³-hybridized carbons (Fsp3) is 0.786. The highest BCUT2D eigenvalue weighted by molar-refractivity contribution is 6.20. The van der Waals surface area contributed by atoms with Gasteiger partial charge in [-0.25, -0.2) is 0 Å². The molecule has 1 aromatic carbocycles. The second kappa shape index (κ2) is 17.0. The number of aliphatic hydroxyl groups excluding tert-OH is 1. The maximum Gasteiger partial charge on any atom is 0.117 e. The van der Waals surface area contributed by atoms with Crippen LogP contribution in [0.4, 0.5) is 0 Å². The number of quaternary nitrogens is 1. The molecule has 0 aromatic heterocycles. The van der Waals surface area contributed by atoms with E-state index in [1.165, 1.54) is 76.2 Å². The number of halogens is 1. The van der Waals surface area contributed by atoms with Crippen LogP contribution < -0.4 is 0 Å². The number of unbranched alkanes of at least 4 members (excludes halogenated alkanes) is 10. The van der Waals surface area contributed by atoms with Crippen molar-refractivity contribution in [3.8, 4) is 0 Å². The largest absolute Gasteiger partial charge is 0.393 e. The number of hydrogen-bond donors (Lipinski definition) is 1. The van der Waals surface area contributed by atoms with E-state index >= 15 is 0 Å². The second-order valence-electron chi connectivity index (χ2n) is 10.2. The third kappa shape index (κ3) is 13.5. The molecule has 3 atom stereocenters. The quantitative estimate of drug-likeness (QED) is 0.127. The average molecular weight is 453 g/mol. The lowest BCUT2D eigenvalue weighted by Gasteiger charge is -2.39. The Bertz CT molecular complexity index is 531. The first kappa shape index (κ1) is 28.5.